The van der Waals surface area contributed by atoms with E-state index in [-0.39, 0.29) is 6.42 Å². The van der Waals surface area contributed by atoms with E-state index in [0.29, 0.717) is 12.3 Å². The fourth-order valence-corrected chi connectivity index (χ4v) is 2.59. The molecule has 0 aliphatic carbocycles. The van der Waals surface area contributed by atoms with Crippen molar-refractivity contribution >= 4 is 10.8 Å². The smallest absolute Gasteiger partial charge is 0.171 e. The van der Waals surface area contributed by atoms with Gasteiger partial charge in [0.25, 0.3) is 0 Å². The molecular formula is C17H19F3. The fraction of sp³-hybridized carbons (Fsp3) is 0.412. The van der Waals surface area contributed by atoms with E-state index < -0.39 is 12.6 Å². The summed E-state index contributed by atoms with van der Waals surface area (Å²) in [5.41, 5.74) is 2.26. The summed E-state index contributed by atoms with van der Waals surface area (Å²) in [6, 6.07) is 12.0. The van der Waals surface area contributed by atoms with Crippen LogP contribution in [0.5, 0.6) is 0 Å². The van der Waals surface area contributed by atoms with Crippen LogP contribution in [0.15, 0.2) is 36.4 Å². The van der Waals surface area contributed by atoms with Crippen LogP contribution in [0.3, 0.4) is 0 Å². The average molecular weight is 280 g/mol. The lowest BCUT2D eigenvalue weighted by molar-refractivity contribution is -0.135. The molecule has 0 spiro atoms. The largest absolute Gasteiger partial charge is 0.389 e. The zero-order valence-corrected chi connectivity index (χ0v) is 11.8. The first kappa shape index (κ1) is 14.9. The number of benzene rings is 2. The molecule has 2 aromatic rings. The number of aryl methyl sites for hydroxylation is 1. The van der Waals surface area contributed by atoms with Gasteiger partial charge >= 0.3 is 6.18 Å². The zero-order valence-electron chi connectivity index (χ0n) is 11.8. The molecule has 2 rings (SSSR count). The number of fused-ring (bicyclic) bond motifs is 1. The first-order chi connectivity index (χ1) is 9.38. The molecule has 0 radical (unpaired) electrons. The molecule has 0 N–H and O–H groups in total. The van der Waals surface area contributed by atoms with Crippen molar-refractivity contribution in [3.8, 4) is 0 Å². The maximum Gasteiger partial charge on any atom is 0.389 e. The van der Waals surface area contributed by atoms with E-state index in [1.54, 1.807) is 0 Å². The molecule has 20 heavy (non-hydrogen) atoms. The van der Waals surface area contributed by atoms with E-state index in [0.717, 1.165) is 16.3 Å². The molecular weight excluding hydrogens is 261 g/mol. The molecule has 108 valence electrons. The second kappa shape index (κ2) is 5.86. The predicted octanol–water partition coefficient (Wildman–Crippen LogP) is 5.85. The van der Waals surface area contributed by atoms with Gasteiger partial charge < -0.3 is 0 Å². The Kier molecular flexibility index (Phi) is 4.36. The van der Waals surface area contributed by atoms with Gasteiger partial charge in [-0.1, -0.05) is 50.2 Å². The Morgan fingerprint density at radius 2 is 1.60 bits per heavy atom. The topological polar surface area (TPSA) is 0 Å². The van der Waals surface area contributed by atoms with Gasteiger partial charge in [0.2, 0.25) is 0 Å². The minimum Gasteiger partial charge on any atom is -0.171 e. The Labute approximate surface area is 117 Å². The van der Waals surface area contributed by atoms with Crippen molar-refractivity contribution in [1.29, 1.82) is 0 Å². The number of rotatable bonds is 4. The lowest BCUT2D eigenvalue weighted by atomic mass is 9.91. The van der Waals surface area contributed by atoms with E-state index >= 15 is 0 Å². The minimum atomic E-state index is -4.06. The van der Waals surface area contributed by atoms with Crippen molar-refractivity contribution in [2.45, 2.75) is 45.2 Å². The van der Waals surface area contributed by atoms with Gasteiger partial charge in [-0.05, 0) is 40.7 Å². The van der Waals surface area contributed by atoms with Crippen molar-refractivity contribution in [1.82, 2.24) is 0 Å². The predicted molar refractivity (Wildman–Crippen MR) is 77.0 cm³/mol. The van der Waals surface area contributed by atoms with E-state index in [1.807, 2.05) is 24.3 Å². The lowest BCUT2D eigenvalue weighted by Crippen LogP contribution is -2.07. The van der Waals surface area contributed by atoms with Crippen LogP contribution < -0.4 is 0 Å². The Balaban J connectivity index is 2.29. The van der Waals surface area contributed by atoms with Crippen molar-refractivity contribution in [3.05, 3.63) is 47.5 Å². The van der Waals surface area contributed by atoms with Crippen LogP contribution >= 0.6 is 0 Å². The van der Waals surface area contributed by atoms with Gasteiger partial charge in [0.1, 0.15) is 0 Å². The number of halogens is 3. The monoisotopic (exact) mass is 280 g/mol. The Hall–Kier alpha value is -1.51. The second-order valence-corrected chi connectivity index (χ2v) is 5.48. The van der Waals surface area contributed by atoms with E-state index in [1.165, 1.54) is 5.56 Å². The minimum absolute atomic E-state index is 0.147. The SMILES string of the molecule is CC(C)c1ccc(CCCC(F)(F)F)c2ccccc12. The van der Waals surface area contributed by atoms with Crippen molar-refractivity contribution in [2.75, 3.05) is 0 Å². The Morgan fingerprint density at radius 3 is 2.20 bits per heavy atom. The third kappa shape index (κ3) is 3.53. The highest BCUT2D eigenvalue weighted by Gasteiger charge is 2.26. The first-order valence-electron chi connectivity index (χ1n) is 6.96. The summed E-state index contributed by atoms with van der Waals surface area (Å²) >= 11 is 0. The van der Waals surface area contributed by atoms with Crippen LogP contribution in [0.2, 0.25) is 0 Å². The quantitative estimate of drug-likeness (QED) is 0.659. The molecule has 0 atom stereocenters. The molecule has 0 heterocycles. The lowest BCUT2D eigenvalue weighted by Gasteiger charge is -2.14. The fourth-order valence-electron chi connectivity index (χ4n) is 2.59. The summed E-state index contributed by atoms with van der Waals surface area (Å²) in [6.45, 7) is 4.26. The van der Waals surface area contributed by atoms with Crippen LogP contribution in [0.4, 0.5) is 13.2 Å². The molecule has 0 amide bonds. The van der Waals surface area contributed by atoms with Crippen molar-refractivity contribution in [2.24, 2.45) is 0 Å². The summed E-state index contributed by atoms with van der Waals surface area (Å²) in [4.78, 5) is 0. The summed E-state index contributed by atoms with van der Waals surface area (Å²) in [5.74, 6) is 0.407. The van der Waals surface area contributed by atoms with Gasteiger partial charge in [-0.15, -0.1) is 0 Å². The average Bonchev–Trinajstić information content (AvgIpc) is 2.37. The Bertz CT molecular complexity index is 582. The summed E-state index contributed by atoms with van der Waals surface area (Å²) in [5, 5.41) is 2.24. The molecule has 0 aromatic heterocycles. The summed E-state index contributed by atoms with van der Waals surface area (Å²) < 4.78 is 36.7. The van der Waals surface area contributed by atoms with Crippen molar-refractivity contribution in [3.63, 3.8) is 0 Å². The normalized spacial score (nSPS) is 12.3. The molecule has 0 saturated heterocycles. The third-order valence-corrected chi connectivity index (χ3v) is 3.58. The van der Waals surface area contributed by atoms with Gasteiger partial charge in [0.05, 0.1) is 0 Å². The highest BCUT2D eigenvalue weighted by atomic mass is 19.4. The van der Waals surface area contributed by atoms with Gasteiger partial charge in [-0.3, -0.25) is 0 Å². The van der Waals surface area contributed by atoms with Crippen LogP contribution in [-0.2, 0) is 6.42 Å². The number of alkyl halides is 3. The summed E-state index contributed by atoms with van der Waals surface area (Å²) in [6.07, 6.45) is -4.16. The number of hydrogen-bond acceptors (Lipinski definition) is 0. The molecule has 0 nitrogen and oxygen atoms in total. The van der Waals surface area contributed by atoms with Crippen LogP contribution in [0, 0.1) is 0 Å². The molecule has 0 aliphatic rings. The maximum atomic E-state index is 12.2. The van der Waals surface area contributed by atoms with E-state index in [9.17, 15) is 13.2 Å². The van der Waals surface area contributed by atoms with Gasteiger partial charge in [-0.25, -0.2) is 0 Å². The standard InChI is InChI=1S/C17H19F3/c1-12(2)14-10-9-13(6-5-11-17(18,19)20)15-7-3-4-8-16(14)15/h3-4,7-10,12H,5-6,11H2,1-2H3. The van der Waals surface area contributed by atoms with Gasteiger partial charge in [0, 0.05) is 6.42 Å². The van der Waals surface area contributed by atoms with Crippen LogP contribution in [-0.4, -0.2) is 6.18 Å². The van der Waals surface area contributed by atoms with Gasteiger partial charge in [-0.2, -0.15) is 13.2 Å². The maximum absolute atomic E-state index is 12.2. The van der Waals surface area contributed by atoms with Crippen molar-refractivity contribution < 1.29 is 13.2 Å². The molecule has 0 bridgehead atoms. The van der Waals surface area contributed by atoms with Crippen LogP contribution in [0.25, 0.3) is 10.8 Å². The van der Waals surface area contributed by atoms with E-state index in [4.69, 9.17) is 0 Å². The molecule has 0 fully saturated rings. The summed E-state index contributed by atoms with van der Waals surface area (Å²) in [7, 11) is 0. The highest BCUT2D eigenvalue weighted by Crippen LogP contribution is 2.30. The second-order valence-electron chi connectivity index (χ2n) is 5.48. The van der Waals surface area contributed by atoms with Gasteiger partial charge in [0.15, 0.2) is 0 Å². The highest BCUT2D eigenvalue weighted by molar-refractivity contribution is 5.89. The van der Waals surface area contributed by atoms with E-state index in [2.05, 4.69) is 26.0 Å². The molecule has 2 aromatic carbocycles. The number of hydrogen-bond donors (Lipinski definition) is 0. The molecule has 0 aliphatic heterocycles. The zero-order chi connectivity index (χ0) is 14.8. The third-order valence-electron chi connectivity index (χ3n) is 3.58. The first-order valence-corrected chi connectivity index (χ1v) is 6.96. The van der Waals surface area contributed by atoms with Crippen LogP contribution in [0.1, 0.15) is 43.7 Å². The molecule has 0 unspecified atom stereocenters. The molecule has 3 heteroatoms. The molecule has 0 saturated carbocycles. The Morgan fingerprint density at radius 1 is 0.950 bits per heavy atom.